The molecule has 0 fully saturated rings. The number of benzene rings is 2. The summed E-state index contributed by atoms with van der Waals surface area (Å²) in [5.74, 6) is -5.22. The number of hydrogen-bond acceptors (Lipinski definition) is 5. The molecule has 1 amide bonds. The number of phosphoric acid groups is 1. The fourth-order valence-electron chi connectivity index (χ4n) is 2.91. The Labute approximate surface area is 207 Å². The first-order valence-electron chi connectivity index (χ1n) is 9.53. The molecule has 4 N–H and O–H groups in total. The van der Waals surface area contributed by atoms with E-state index >= 15 is 0 Å². The van der Waals surface area contributed by atoms with E-state index in [0.717, 1.165) is 18.2 Å². The molecule has 36 heavy (non-hydrogen) atoms. The molecule has 1 unspecified atom stereocenters. The number of carbonyl (C=O) groups is 1. The van der Waals surface area contributed by atoms with Gasteiger partial charge in [-0.25, -0.2) is 13.3 Å². The first kappa shape index (κ1) is 27.6. The van der Waals surface area contributed by atoms with Crippen LogP contribution in [0.25, 0.3) is 5.57 Å². The minimum Gasteiger partial charge on any atom is -0.476 e. The summed E-state index contributed by atoms with van der Waals surface area (Å²) < 4.78 is 93.2. The van der Waals surface area contributed by atoms with Crippen LogP contribution in [0.1, 0.15) is 21.5 Å². The van der Waals surface area contributed by atoms with Crippen molar-refractivity contribution in [3.8, 4) is 5.75 Å². The number of rotatable bonds is 8. The first-order chi connectivity index (χ1) is 16.7. The monoisotopic (exact) mass is 597 g/mol. The quantitative estimate of drug-likeness (QED) is 0.227. The van der Waals surface area contributed by atoms with Crippen LogP contribution in [-0.2, 0) is 20.0 Å². The number of ether oxygens (including phenoxy) is 2. The fourth-order valence-corrected chi connectivity index (χ4v) is 3.75. The van der Waals surface area contributed by atoms with Gasteiger partial charge in [0.25, 0.3) is 5.91 Å². The van der Waals surface area contributed by atoms with Crippen LogP contribution in [0.3, 0.4) is 0 Å². The molecule has 0 aliphatic carbocycles. The minimum absolute atomic E-state index is 0.0572. The number of amides is 1. The highest BCUT2D eigenvalue weighted by atomic mass is 79.9. The highest BCUT2D eigenvalue weighted by molar-refractivity contribution is 9.11. The number of primary amides is 1. The Balaban J connectivity index is 1.95. The van der Waals surface area contributed by atoms with E-state index in [9.17, 15) is 31.3 Å². The second-order valence-electron chi connectivity index (χ2n) is 7.01. The van der Waals surface area contributed by atoms with Crippen LogP contribution in [0.5, 0.6) is 5.75 Å². The van der Waals surface area contributed by atoms with E-state index in [-0.39, 0.29) is 16.0 Å². The molecule has 192 valence electrons. The van der Waals surface area contributed by atoms with Gasteiger partial charge < -0.3 is 25.0 Å². The molecule has 1 aliphatic rings. The molecule has 8 nitrogen and oxygen atoms in total. The Morgan fingerprint density at radius 1 is 1.17 bits per heavy atom. The normalized spacial score (nSPS) is 14.8. The predicted molar refractivity (Wildman–Crippen MR) is 117 cm³/mol. The SMILES string of the molecule is NC(=O)c1c(F)ccc(OC(COP(=O)(O)O)C2=C=CC(c3ccc(C(F)(F)F)cc3)=C(Br)O2)c1F. The zero-order valence-electron chi connectivity index (χ0n) is 17.6. The van der Waals surface area contributed by atoms with Gasteiger partial charge in [-0.15, -0.1) is 0 Å². The summed E-state index contributed by atoms with van der Waals surface area (Å²) in [5, 5.41) is 0. The summed E-state index contributed by atoms with van der Waals surface area (Å²) in [4.78, 5) is 29.4. The third kappa shape index (κ3) is 6.61. The number of allylic oxidation sites excluding steroid dienone is 1. The van der Waals surface area contributed by atoms with Crippen molar-refractivity contribution < 1.29 is 55.1 Å². The number of nitrogens with two attached hydrogens (primary N) is 1. The average Bonchev–Trinajstić information content (AvgIpc) is 2.76. The minimum atomic E-state index is -5.04. The van der Waals surface area contributed by atoms with Crippen molar-refractivity contribution in [2.75, 3.05) is 6.61 Å². The highest BCUT2D eigenvalue weighted by Gasteiger charge is 2.31. The molecule has 3 rings (SSSR count). The Morgan fingerprint density at radius 3 is 2.33 bits per heavy atom. The molecule has 1 aliphatic heterocycles. The molecule has 0 spiro atoms. The second kappa shape index (κ2) is 10.6. The number of halogens is 6. The Kier molecular flexibility index (Phi) is 8.09. The van der Waals surface area contributed by atoms with E-state index in [4.69, 9.17) is 25.0 Å². The molecule has 0 aromatic heterocycles. The van der Waals surface area contributed by atoms with Crippen molar-refractivity contribution in [2.24, 2.45) is 5.73 Å². The Bertz CT molecular complexity index is 1330. The van der Waals surface area contributed by atoms with Crippen molar-refractivity contribution in [1.82, 2.24) is 0 Å². The van der Waals surface area contributed by atoms with E-state index in [1.807, 2.05) is 0 Å². The van der Waals surface area contributed by atoms with E-state index < -0.39 is 61.1 Å². The molecule has 0 saturated heterocycles. The Hall–Kier alpha value is -2.99. The van der Waals surface area contributed by atoms with Crippen LogP contribution in [0.2, 0.25) is 0 Å². The lowest BCUT2D eigenvalue weighted by molar-refractivity contribution is -0.137. The molecule has 0 saturated carbocycles. The number of carbonyl (C=O) groups excluding carboxylic acids is 1. The maximum Gasteiger partial charge on any atom is 0.469 e. The maximum atomic E-state index is 14.6. The van der Waals surface area contributed by atoms with E-state index in [1.54, 1.807) is 0 Å². The van der Waals surface area contributed by atoms with Gasteiger partial charge in [0.1, 0.15) is 18.0 Å². The number of hydrogen-bond donors (Lipinski definition) is 3. The van der Waals surface area contributed by atoms with E-state index in [1.165, 1.54) is 18.2 Å². The van der Waals surface area contributed by atoms with Crippen molar-refractivity contribution in [1.29, 1.82) is 0 Å². The van der Waals surface area contributed by atoms with Gasteiger partial charge in [-0.2, -0.15) is 13.2 Å². The topological polar surface area (TPSA) is 128 Å². The molecular formula is C21H14BrF5NO7P. The molecular weight excluding hydrogens is 584 g/mol. The predicted octanol–water partition coefficient (Wildman–Crippen LogP) is 4.77. The first-order valence-corrected chi connectivity index (χ1v) is 11.9. The maximum absolute atomic E-state index is 14.6. The average molecular weight is 598 g/mol. The van der Waals surface area contributed by atoms with Gasteiger partial charge in [0.2, 0.25) is 0 Å². The number of phosphoric ester groups is 1. The fraction of sp³-hybridized carbons (Fsp3) is 0.143. The third-order valence-corrected chi connectivity index (χ3v) is 5.63. The zero-order chi connectivity index (χ0) is 26.8. The van der Waals surface area contributed by atoms with Crippen molar-refractivity contribution in [3.05, 3.63) is 87.0 Å². The van der Waals surface area contributed by atoms with Crippen molar-refractivity contribution in [2.45, 2.75) is 12.3 Å². The van der Waals surface area contributed by atoms with Gasteiger partial charge in [0, 0.05) is 5.57 Å². The lowest BCUT2D eigenvalue weighted by Crippen LogP contribution is -2.27. The van der Waals surface area contributed by atoms with Crippen LogP contribution in [-0.4, -0.2) is 28.4 Å². The summed E-state index contributed by atoms with van der Waals surface area (Å²) >= 11 is 3.10. The van der Waals surface area contributed by atoms with Gasteiger partial charge in [0.05, 0.1) is 5.56 Å². The molecule has 0 bridgehead atoms. The van der Waals surface area contributed by atoms with Crippen LogP contribution >= 0.6 is 23.8 Å². The van der Waals surface area contributed by atoms with Crippen molar-refractivity contribution in [3.63, 3.8) is 0 Å². The largest absolute Gasteiger partial charge is 0.476 e. The lowest BCUT2D eigenvalue weighted by Gasteiger charge is -2.23. The van der Waals surface area contributed by atoms with E-state index in [2.05, 4.69) is 26.2 Å². The van der Waals surface area contributed by atoms with Gasteiger partial charge in [-0.1, -0.05) is 17.9 Å². The summed E-state index contributed by atoms with van der Waals surface area (Å²) in [6.07, 6.45) is -4.88. The molecule has 2 aromatic carbocycles. The number of alkyl halides is 3. The lowest BCUT2D eigenvalue weighted by atomic mass is 10.0. The molecule has 1 heterocycles. The molecule has 1 atom stereocenters. The summed E-state index contributed by atoms with van der Waals surface area (Å²) in [6, 6.07) is 5.54. The molecule has 0 radical (unpaired) electrons. The van der Waals surface area contributed by atoms with Gasteiger partial charge >= 0.3 is 14.0 Å². The van der Waals surface area contributed by atoms with E-state index in [0.29, 0.717) is 11.6 Å². The highest BCUT2D eigenvalue weighted by Crippen LogP contribution is 2.38. The standard InChI is InChI=1S/C21H14BrF5NO7P/c22-19-12(10-1-3-11(4-2-10)21(25,26)27)5-7-14(35-19)16(9-33-36(30,31)32)34-15-8-6-13(23)17(18(15)24)20(28)29/h1-6,8,16H,9H2,(H2,28,29)(H2,30,31,32). The van der Waals surface area contributed by atoms with Crippen LogP contribution in [0, 0.1) is 11.6 Å². The van der Waals surface area contributed by atoms with Crippen LogP contribution in [0.4, 0.5) is 22.0 Å². The van der Waals surface area contributed by atoms with Crippen LogP contribution in [0.15, 0.2) is 58.6 Å². The van der Waals surface area contributed by atoms with Gasteiger partial charge in [-0.05, 0) is 51.8 Å². The summed E-state index contributed by atoms with van der Waals surface area (Å²) in [6.45, 7) is -0.918. The zero-order valence-corrected chi connectivity index (χ0v) is 20.0. The van der Waals surface area contributed by atoms with Gasteiger partial charge in [0.15, 0.2) is 28.1 Å². The summed E-state index contributed by atoms with van der Waals surface area (Å²) in [5.41, 5.74) is 6.10. The van der Waals surface area contributed by atoms with Gasteiger partial charge in [-0.3, -0.25) is 9.32 Å². The van der Waals surface area contributed by atoms with Crippen LogP contribution < -0.4 is 10.5 Å². The smallest absolute Gasteiger partial charge is 0.469 e. The molecule has 2 aromatic rings. The second-order valence-corrected chi connectivity index (χ2v) is 8.97. The molecule has 15 heteroatoms. The third-order valence-electron chi connectivity index (χ3n) is 4.55. The van der Waals surface area contributed by atoms with Crippen molar-refractivity contribution >= 4 is 35.2 Å². The Morgan fingerprint density at radius 2 is 1.81 bits per heavy atom. The summed E-state index contributed by atoms with van der Waals surface area (Å²) in [7, 11) is -5.04.